The Morgan fingerprint density at radius 2 is 2.03 bits per heavy atom. The second-order valence-corrected chi connectivity index (χ2v) is 10.5. The van der Waals surface area contributed by atoms with Crippen molar-refractivity contribution in [1.29, 1.82) is 0 Å². The van der Waals surface area contributed by atoms with E-state index in [1.54, 1.807) is 12.5 Å². The highest BCUT2D eigenvalue weighted by Crippen LogP contribution is 2.31. The van der Waals surface area contributed by atoms with Crippen molar-refractivity contribution in [3.8, 4) is 0 Å². The molecule has 31 heavy (non-hydrogen) atoms. The smallest absolute Gasteiger partial charge is 0.238 e. The lowest BCUT2D eigenvalue weighted by Gasteiger charge is -2.34. The first-order valence-corrected chi connectivity index (χ1v) is 12.4. The number of anilines is 3. The molecule has 2 aliphatic rings. The van der Waals surface area contributed by atoms with Crippen LogP contribution in [0.3, 0.4) is 0 Å². The van der Waals surface area contributed by atoms with Crippen molar-refractivity contribution in [3.05, 3.63) is 48.7 Å². The van der Waals surface area contributed by atoms with Crippen LogP contribution in [-0.2, 0) is 19.2 Å². The number of hydrogen-bond acceptors (Lipinski definition) is 8. The minimum atomic E-state index is -2.49. The van der Waals surface area contributed by atoms with Crippen LogP contribution < -0.4 is 9.80 Å². The molecule has 9 heteroatoms. The van der Waals surface area contributed by atoms with Gasteiger partial charge < -0.3 is 14.4 Å². The van der Waals surface area contributed by atoms with Gasteiger partial charge in [-0.25, -0.2) is 4.21 Å². The van der Waals surface area contributed by atoms with Gasteiger partial charge in [-0.3, -0.25) is 4.90 Å². The first-order valence-electron chi connectivity index (χ1n) is 10.4. The summed E-state index contributed by atoms with van der Waals surface area (Å²) >= 11 is 0. The van der Waals surface area contributed by atoms with Gasteiger partial charge in [-0.1, -0.05) is 24.8 Å². The highest BCUT2D eigenvalue weighted by molar-refractivity contribution is 7.93. The molecule has 0 amide bonds. The fourth-order valence-corrected chi connectivity index (χ4v) is 4.94. The molecule has 0 unspecified atom stereocenters. The van der Waals surface area contributed by atoms with Gasteiger partial charge in [-0.15, -0.1) is 0 Å². The molecule has 3 heterocycles. The number of rotatable bonds is 6. The lowest BCUT2D eigenvalue weighted by atomic mass is 10.2. The van der Waals surface area contributed by atoms with E-state index in [-0.39, 0.29) is 11.3 Å². The third-order valence-corrected chi connectivity index (χ3v) is 7.68. The van der Waals surface area contributed by atoms with Gasteiger partial charge in [0.2, 0.25) is 5.95 Å². The van der Waals surface area contributed by atoms with Crippen LogP contribution in [-0.4, -0.2) is 64.7 Å². The Balaban J connectivity index is 1.83. The zero-order valence-corrected chi connectivity index (χ0v) is 19.0. The van der Waals surface area contributed by atoms with E-state index in [2.05, 4.69) is 27.7 Å². The van der Waals surface area contributed by atoms with E-state index in [9.17, 15) is 4.21 Å². The molecule has 0 aliphatic carbocycles. The molecule has 4 rings (SSSR count). The SMILES string of the molecule is C=CN(c1nc(N=[S@@](C)(=O)C2COC2)cc(N2CCOC[C@H]2C)n1)c1ccccc1C. The molecule has 2 fully saturated rings. The number of ether oxygens (including phenoxy) is 2. The predicted molar refractivity (Wildman–Crippen MR) is 124 cm³/mol. The van der Waals surface area contributed by atoms with Crippen molar-refractivity contribution in [2.24, 2.45) is 4.36 Å². The Kier molecular flexibility index (Phi) is 6.27. The molecule has 0 radical (unpaired) electrons. The average Bonchev–Trinajstić information content (AvgIpc) is 2.68. The Morgan fingerprint density at radius 3 is 2.68 bits per heavy atom. The predicted octanol–water partition coefficient (Wildman–Crippen LogP) is 3.42. The second-order valence-electron chi connectivity index (χ2n) is 7.95. The summed E-state index contributed by atoms with van der Waals surface area (Å²) in [5, 5.41) is -0.0800. The Bertz CT molecular complexity index is 1080. The fraction of sp³-hybridized carbons (Fsp3) is 0.455. The lowest BCUT2D eigenvalue weighted by molar-refractivity contribution is 0.0431. The van der Waals surface area contributed by atoms with E-state index in [1.165, 1.54) is 0 Å². The summed E-state index contributed by atoms with van der Waals surface area (Å²) in [5.41, 5.74) is 2.00. The van der Waals surface area contributed by atoms with Crippen LogP contribution in [0.5, 0.6) is 0 Å². The summed E-state index contributed by atoms with van der Waals surface area (Å²) in [6.07, 6.45) is 3.36. The van der Waals surface area contributed by atoms with Gasteiger partial charge in [0, 0.05) is 25.1 Å². The maximum Gasteiger partial charge on any atom is 0.238 e. The number of para-hydroxylation sites is 1. The molecule has 2 atom stereocenters. The normalized spacial score (nSPS) is 21.1. The van der Waals surface area contributed by atoms with Gasteiger partial charge in [0.05, 0.1) is 53.1 Å². The second kappa shape index (κ2) is 8.94. The topological polar surface area (TPSA) is 80.2 Å². The van der Waals surface area contributed by atoms with Crippen LogP contribution >= 0.6 is 0 Å². The molecule has 166 valence electrons. The molecule has 0 N–H and O–H groups in total. The van der Waals surface area contributed by atoms with Gasteiger partial charge in [0.1, 0.15) is 5.82 Å². The summed E-state index contributed by atoms with van der Waals surface area (Å²) in [7, 11) is -2.49. The van der Waals surface area contributed by atoms with Crippen molar-refractivity contribution < 1.29 is 13.7 Å². The fourth-order valence-electron chi connectivity index (χ4n) is 3.63. The first-order chi connectivity index (χ1) is 14.9. The third kappa shape index (κ3) is 4.58. The van der Waals surface area contributed by atoms with E-state index in [1.807, 2.05) is 42.2 Å². The molecule has 2 aliphatic heterocycles. The maximum atomic E-state index is 13.2. The quantitative estimate of drug-likeness (QED) is 0.677. The molecule has 0 saturated carbocycles. The standard InChI is InChI=1S/C22H29N5O3S/c1-5-26(19-9-7-6-8-16(19)2)22-23-20(25-31(4,28)18-14-30-15-18)12-21(24-22)27-10-11-29-13-17(27)3/h5-9,12,17-18H,1,10-11,13-15H2,2-4H3/t17-,31+/m1/s1. The van der Waals surface area contributed by atoms with Gasteiger partial charge in [-0.05, 0) is 25.5 Å². The zero-order chi connectivity index (χ0) is 22.0. The van der Waals surface area contributed by atoms with Crippen molar-refractivity contribution in [2.75, 3.05) is 49.0 Å². The van der Waals surface area contributed by atoms with E-state index in [0.717, 1.165) is 17.1 Å². The molecule has 2 saturated heterocycles. The number of morpholine rings is 1. The highest BCUT2D eigenvalue weighted by Gasteiger charge is 2.28. The Morgan fingerprint density at radius 1 is 1.26 bits per heavy atom. The molecule has 1 aromatic carbocycles. The van der Waals surface area contributed by atoms with Gasteiger partial charge in [0.15, 0.2) is 5.82 Å². The summed E-state index contributed by atoms with van der Waals surface area (Å²) < 4.78 is 28.6. The number of hydrogen-bond donors (Lipinski definition) is 0. The van der Waals surface area contributed by atoms with Crippen molar-refractivity contribution in [2.45, 2.75) is 25.1 Å². The Hall–Kier alpha value is -2.49. The summed E-state index contributed by atoms with van der Waals surface area (Å²) in [5.74, 6) is 1.58. The van der Waals surface area contributed by atoms with E-state index in [4.69, 9.17) is 14.5 Å². The number of benzene rings is 1. The van der Waals surface area contributed by atoms with Crippen LogP contribution in [0.4, 0.5) is 23.3 Å². The Labute approximate surface area is 184 Å². The third-order valence-electron chi connectivity index (χ3n) is 5.62. The summed E-state index contributed by atoms with van der Waals surface area (Å²) in [4.78, 5) is 13.5. The highest BCUT2D eigenvalue weighted by atomic mass is 32.2. The minimum absolute atomic E-state index is 0.0800. The number of aryl methyl sites for hydroxylation is 1. The molecule has 0 spiro atoms. The van der Waals surface area contributed by atoms with Crippen molar-refractivity contribution in [3.63, 3.8) is 0 Å². The van der Waals surface area contributed by atoms with Crippen molar-refractivity contribution >= 4 is 33.0 Å². The molecule has 2 aromatic rings. The summed E-state index contributed by atoms with van der Waals surface area (Å²) in [6.45, 7) is 11.0. The molecule has 8 nitrogen and oxygen atoms in total. The molecular weight excluding hydrogens is 414 g/mol. The number of aromatic nitrogens is 2. The van der Waals surface area contributed by atoms with E-state index < -0.39 is 9.73 Å². The van der Waals surface area contributed by atoms with Crippen molar-refractivity contribution in [1.82, 2.24) is 9.97 Å². The van der Waals surface area contributed by atoms with Gasteiger partial charge in [-0.2, -0.15) is 14.3 Å². The zero-order valence-electron chi connectivity index (χ0n) is 18.2. The lowest BCUT2D eigenvalue weighted by Crippen LogP contribution is -2.44. The van der Waals surface area contributed by atoms with Gasteiger partial charge in [0.25, 0.3) is 0 Å². The largest absolute Gasteiger partial charge is 0.379 e. The molecular formula is C22H29N5O3S. The number of nitrogens with zero attached hydrogens (tertiary/aromatic N) is 5. The van der Waals surface area contributed by atoms with Crippen LogP contribution in [0.15, 0.2) is 47.5 Å². The van der Waals surface area contributed by atoms with Crippen LogP contribution in [0, 0.1) is 6.92 Å². The van der Waals surface area contributed by atoms with Crippen LogP contribution in [0.25, 0.3) is 0 Å². The van der Waals surface area contributed by atoms with Gasteiger partial charge >= 0.3 is 0 Å². The van der Waals surface area contributed by atoms with Crippen LogP contribution in [0.2, 0.25) is 0 Å². The van der Waals surface area contributed by atoms with E-state index >= 15 is 0 Å². The maximum absolute atomic E-state index is 13.2. The monoisotopic (exact) mass is 443 g/mol. The molecule has 0 bridgehead atoms. The molecule has 1 aromatic heterocycles. The van der Waals surface area contributed by atoms with E-state index in [0.29, 0.717) is 44.7 Å². The minimum Gasteiger partial charge on any atom is -0.379 e. The van der Waals surface area contributed by atoms with Crippen LogP contribution in [0.1, 0.15) is 12.5 Å². The first kappa shape index (κ1) is 21.7. The average molecular weight is 444 g/mol. The summed E-state index contributed by atoms with van der Waals surface area (Å²) in [6, 6.07) is 9.95.